The standard InChI is InChI=1S/C17H28N2O/c1-12(2)14-8-5-6-9-15(14)19-16-10-7-11-18-17(16)20-13(3)4/h7,10-15,19H,5-6,8-9H2,1-4H3. The number of anilines is 1. The van der Waals surface area contributed by atoms with Gasteiger partial charge in [0.1, 0.15) is 0 Å². The van der Waals surface area contributed by atoms with Crippen molar-refractivity contribution in [2.24, 2.45) is 11.8 Å². The van der Waals surface area contributed by atoms with Gasteiger partial charge in [-0.15, -0.1) is 0 Å². The van der Waals surface area contributed by atoms with Gasteiger partial charge < -0.3 is 10.1 Å². The van der Waals surface area contributed by atoms with Gasteiger partial charge in [-0.05, 0) is 50.7 Å². The van der Waals surface area contributed by atoms with E-state index in [1.54, 1.807) is 6.20 Å². The van der Waals surface area contributed by atoms with Crippen LogP contribution < -0.4 is 10.1 Å². The second-order valence-electron chi connectivity index (χ2n) is 6.47. The van der Waals surface area contributed by atoms with Crippen molar-refractivity contribution >= 4 is 5.69 Å². The summed E-state index contributed by atoms with van der Waals surface area (Å²) in [5, 5.41) is 3.70. The van der Waals surface area contributed by atoms with E-state index in [9.17, 15) is 0 Å². The molecular weight excluding hydrogens is 248 g/mol. The highest BCUT2D eigenvalue weighted by Gasteiger charge is 2.28. The SMILES string of the molecule is CC(C)Oc1ncccc1NC1CCCCC1C(C)C. The lowest BCUT2D eigenvalue weighted by Gasteiger charge is -2.35. The van der Waals surface area contributed by atoms with E-state index >= 15 is 0 Å². The zero-order chi connectivity index (χ0) is 14.5. The molecule has 3 nitrogen and oxygen atoms in total. The van der Waals surface area contributed by atoms with Crippen LogP contribution in [-0.2, 0) is 0 Å². The molecule has 1 aliphatic rings. The highest BCUT2D eigenvalue weighted by molar-refractivity contribution is 5.53. The summed E-state index contributed by atoms with van der Waals surface area (Å²) in [7, 11) is 0. The van der Waals surface area contributed by atoms with Crippen LogP contribution in [0.2, 0.25) is 0 Å². The highest BCUT2D eigenvalue weighted by atomic mass is 16.5. The summed E-state index contributed by atoms with van der Waals surface area (Å²) in [5.74, 6) is 2.20. The molecule has 1 aliphatic carbocycles. The van der Waals surface area contributed by atoms with E-state index in [4.69, 9.17) is 4.74 Å². The Morgan fingerprint density at radius 1 is 1.20 bits per heavy atom. The van der Waals surface area contributed by atoms with E-state index in [1.165, 1.54) is 25.7 Å². The molecule has 0 amide bonds. The Morgan fingerprint density at radius 2 is 1.95 bits per heavy atom. The number of nitrogens with zero attached hydrogens (tertiary/aromatic N) is 1. The highest BCUT2D eigenvalue weighted by Crippen LogP contribution is 2.34. The first-order chi connectivity index (χ1) is 9.58. The Hall–Kier alpha value is -1.25. The van der Waals surface area contributed by atoms with E-state index in [-0.39, 0.29) is 6.10 Å². The molecule has 0 saturated heterocycles. The van der Waals surface area contributed by atoms with Crippen molar-refractivity contribution in [1.29, 1.82) is 0 Å². The van der Waals surface area contributed by atoms with E-state index in [1.807, 2.05) is 19.9 Å². The fourth-order valence-electron chi connectivity index (χ4n) is 3.15. The molecule has 3 heteroatoms. The van der Waals surface area contributed by atoms with Crippen LogP contribution in [-0.4, -0.2) is 17.1 Å². The summed E-state index contributed by atoms with van der Waals surface area (Å²) in [6.45, 7) is 8.74. The van der Waals surface area contributed by atoms with Gasteiger partial charge in [0, 0.05) is 12.2 Å². The molecule has 1 saturated carbocycles. The number of hydrogen-bond donors (Lipinski definition) is 1. The maximum Gasteiger partial charge on any atom is 0.237 e. The zero-order valence-corrected chi connectivity index (χ0v) is 13.2. The lowest BCUT2D eigenvalue weighted by Crippen LogP contribution is -2.35. The topological polar surface area (TPSA) is 34.1 Å². The predicted molar refractivity (Wildman–Crippen MR) is 84.2 cm³/mol. The van der Waals surface area contributed by atoms with E-state index < -0.39 is 0 Å². The molecule has 2 atom stereocenters. The van der Waals surface area contributed by atoms with Crippen molar-refractivity contribution in [1.82, 2.24) is 4.98 Å². The second-order valence-corrected chi connectivity index (χ2v) is 6.47. The quantitative estimate of drug-likeness (QED) is 0.860. The Labute approximate surface area is 123 Å². The summed E-state index contributed by atoms with van der Waals surface area (Å²) in [4.78, 5) is 4.37. The number of ether oxygens (including phenoxy) is 1. The number of aromatic nitrogens is 1. The van der Waals surface area contributed by atoms with Crippen LogP contribution >= 0.6 is 0 Å². The minimum absolute atomic E-state index is 0.151. The molecule has 1 fully saturated rings. The molecule has 20 heavy (non-hydrogen) atoms. The van der Waals surface area contributed by atoms with Crippen LogP contribution in [0.4, 0.5) is 5.69 Å². The Balaban J connectivity index is 2.11. The van der Waals surface area contributed by atoms with Crippen LogP contribution in [0.1, 0.15) is 53.4 Å². The summed E-state index contributed by atoms with van der Waals surface area (Å²) in [6, 6.07) is 4.60. The summed E-state index contributed by atoms with van der Waals surface area (Å²) in [5.41, 5.74) is 1.04. The molecule has 0 aromatic carbocycles. The van der Waals surface area contributed by atoms with Crippen LogP contribution in [0.3, 0.4) is 0 Å². The molecule has 0 radical (unpaired) electrons. The third-order valence-corrected chi connectivity index (χ3v) is 4.14. The summed E-state index contributed by atoms with van der Waals surface area (Å²) < 4.78 is 5.81. The molecule has 0 bridgehead atoms. The third-order valence-electron chi connectivity index (χ3n) is 4.14. The molecule has 112 valence electrons. The molecule has 1 aromatic heterocycles. The maximum atomic E-state index is 5.81. The number of nitrogens with one attached hydrogen (secondary N) is 1. The zero-order valence-electron chi connectivity index (χ0n) is 13.2. The lowest BCUT2D eigenvalue weighted by molar-refractivity contribution is 0.230. The molecule has 1 heterocycles. The second kappa shape index (κ2) is 6.96. The van der Waals surface area contributed by atoms with Crippen molar-refractivity contribution in [3.05, 3.63) is 18.3 Å². The fourth-order valence-corrected chi connectivity index (χ4v) is 3.15. The van der Waals surface area contributed by atoms with Crippen molar-refractivity contribution in [2.75, 3.05) is 5.32 Å². The monoisotopic (exact) mass is 276 g/mol. The van der Waals surface area contributed by atoms with Crippen molar-refractivity contribution in [3.8, 4) is 5.88 Å². The van der Waals surface area contributed by atoms with Crippen LogP contribution in [0, 0.1) is 11.8 Å². The van der Waals surface area contributed by atoms with Crippen molar-refractivity contribution in [3.63, 3.8) is 0 Å². The first-order valence-electron chi connectivity index (χ1n) is 7.96. The molecule has 2 rings (SSSR count). The number of pyridine rings is 1. The average Bonchev–Trinajstić information content (AvgIpc) is 2.41. The van der Waals surface area contributed by atoms with Gasteiger partial charge in [0.05, 0.1) is 11.8 Å². The van der Waals surface area contributed by atoms with Gasteiger partial charge in [-0.2, -0.15) is 0 Å². The van der Waals surface area contributed by atoms with Crippen molar-refractivity contribution in [2.45, 2.75) is 65.5 Å². The molecule has 0 spiro atoms. The van der Waals surface area contributed by atoms with Gasteiger partial charge in [-0.3, -0.25) is 0 Å². The minimum atomic E-state index is 0.151. The molecule has 2 unspecified atom stereocenters. The van der Waals surface area contributed by atoms with E-state index in [2.05, 4.69) is 30.2 Å². The van der Waals surface area contributed by atoms with Gasteiger partial charge in [0.15, 0.2) is 0 Å². The smallest absolute Gasteiger partial charge is 0.237 e. The van der Waals surface area contributed by atoms with Gasteiger partial charge in [0.2, 0.25) is 5.88 Å². The number of hydrogen-bond acceptors (Lipinski definition) is 3. The van der Waals surface area contributed by atoms with Crippen LogP contribution in [0.5, 0.6) is 5.88 Å². The molecule has 0 aliphatic heterocycles. The molecule has 1 N–H and O–H groups in total. The van der Waals surface area contributed by atoms with E-state index in [0.29, 0.717) is 6.04 Å². The Bertz CT molecular complexity index is 417. The fraction of sp³-hybridized carbons (Fsp3) is 0.706. The normalized spacial score (nSPS) is 23.1. The predicted octanol–water partition coefficient (Wildman–Crippen LogP) is 4.50. The maximum absolute atomic E-state index is 5.81. The first-order valence-corrected chi connectivity index (χ1v) is 7.96. The van der Waals surface area contributed by atoms with Gasteiger partial charge >= 0.3 is 0 Å². The molecular formula is C17H28N2O. The first kappa shape index (κ1) is 15.1. The van der Waals surface area contributed by atoms with Gasteiger partial charge in [-0.1, -0.05) is 26.7 Å². The number of rotatable bonds is 5. The molecule has 1 aromatic rings. The van der Waals surface area contributed by atoms with Crippen LogP contribution in [0.25, 0.3) is 0 Å². The minimum Gasteiger partial charge on any atom is -0.473 e. The third kappa shape index (κ3) is 3.87. The Kier molecular flexibility index (Phi) is 5.27. The summed E-state index contributed by atoms with van der Waals surface area (Å²) >= 11 is 0. The van der Waals surface area contributed by atoms with E-state index in [0.717, 1.165) is 23.4 Å². The van der Waals surface area contributed by atoms with Crippen LogP contribution in [0.15, 0.2) is 18.3 Å². The average molecular weight is 276 g/mol. The summed E-state index contributed by atoms with van der Waals surface area (Å²) in [6.07, 6.45) is 7.21. The Morgan fingerprint density at radius 3 is 2.65 bits per heavy atom. The van der Waals surface area contributed by atoms with Gasteiger partial charge in [-0.25, -0.2) is 4.98 Å². The van der Waals surface area contributed by atoms with Crippen molar-refractivity contribution < 1.29 is 4.74 Å². The lowest BCUT2D eigenvalue weighted by atomic mass is 9.78. The van der Waals surface area contributed by atoms with Gasteiger partial charge in [0.25, 0.3) is 0 Å². The largest absolute Gasteiger partial charge is 0.473 e.